The van der Waals surface area contributed by atoms with E-state index in [1.807, 2.05) is 12.1 Å². The molecule has 0 saturated carbocycles. The van der Waals surface area contributed by atoms with E-state index in [0.29, 0.717) is 18.1 Å². The molecule has 0 saturated heterocycles. The van der Waals surface area contributed by atoms with Gasteiger partial charge in [0.15, 0.2) is 11.5 Å². The Bertz CT molecular complexity index is 962. The number of sulfonamides is 1. The maximum absolute atomic E-state index is 12.5. The largest absolute Gasteiger partial charge is 0.486 e. The standard InChI is InChI=1S/C18H19ClN2O5S/c1-21(2)27(23,24)13-7-8-15(19)14(9-13)18(22)20-10-12-11-25-16-5-3-4-6-17(16)26-12/h3-9,12H,10-11H2,1-2H3,(H,20,22). The number of nitrogens with zero attached hydrogens (tertiary/aromatic N) is 1. The van der Waals surface area contributed by atoms with Crippen LogP contribution in [0.1, 0.15) is 10.4 Å². The van der Waals surface area contributed by atoms with Gasteiger partial charge in [0.05, 0.1) is 22.0 Å². The van der Waals surface area contributed by atoms with E-state index in [9.17, 15) is 13.2 Å². The topological polar surface area (TPSA) is 84.9 Å². The Hall–Kier alpha value is -2.29. The highest BCUT2D eigenvalue weighted by Crippen LogP contribution is 2.30. The number of hydrogen-bond donors (Lipinski definition) is 1. The molecule has 1 N–H and O–H groups in total. The van der Waals surface area contributed by atoms with Crippen molar-refractivity contribution in [2.75, 3.05) is 27.2 Å². The molecular formula is C18H19ClN2O5S. The summed E-state index contributed by atoms with van der Waals surface area (Å²) in [6.45, 7) is 0.480. The fourth-order valence-corrected chi connectivity index (χ4v) is 3.65. The lowest BCUT2D eigenvalue weighted by Crippen LogP contribution is -2.40. The van der Waals surface area contributed by atoms with Gasteiger partial charge in [-0.15, -0.1) is 0 Å². The van der Waals surface area contributed by atoms with E-state index in [0.717, 1.165) is 4.31 Å². The molecule has 1 aliphatic rings. The second-order valence-corrected chi connectivity index (χ2v) is 8.70. The van der Waals surface area contributed by atoms with Gasteiger partial charge < -0.3 is 14.8 Å². The molecule has 27 heavy (non-hydrogen) atoms. The average Bonchev–Trinajstić information content (AvgIpc) is 2.66. The van der Waals surface area contributed by atoms with Gasteiger partial charge in [0.1, 0.15) is 12.7 Å². The highest BCUT2D eigenvalue weighted by atomic mass is 35.5. The van der Waals surface area contributed by atoms with Gasteiger partial charge >= 0.3 is 0 Å². The summed E-state index contributed by atoms with van der Waals surface area (Å²) in [6, 6.07) is 11.3. The number of para-hydroxylation sites is 2. The Morgan fingerprint density at radius 1 is 1.22 bits per heavy atom. The summed E-state index contributed by atoms with van der Waals surface area (Å²) in [4.78, 5) is 12.5. The van der Waals surface area contributed by atoms with Gasteiger partial charge in [0, 0.05) is 14.1 Å². The van der Waals surface area contributed by atoms with Crippen LogP contribution in [0.4, 0.5) is 0 Å². The van der Waals surface area contributed by atoms with E-state index in [-0.39, 0.29) is 28.1 Å². The number of ether oxygens (including phenoxy) is 2. The highest BCUT2D eigenvalue weighted by Gasteiger charge is 2.23. The molecule has 9 heteroatoms. The lowest BCUT2D eigenvalue weighted by atomic mass is 10.2. The fourth-order valence-electron chi connectivity index (χ4n) is 2.52. The molecule has 144 valence electrons. The second-order valence-electron chi connectivity index (χ2n) is 6.14. The summed E-state index contributed by atoms with van der Waals surface area (Å²) < 4.78 is 37.0. The number of amides is 1. The number of nitrogens with one attached hydrogen (secondary N) is 1. The average molecular weight is 411 g/mol. The first-order valence-electron chi connectivity index (χ1n) is 8.18. The number of fused-ring (bicyclic) bond motifs is 1. The molecule has 2 aromatic carbocycles. The molecule has 7 nitrogen and oxygen atoms in total. The molecule has 1 heterocycles. The van der Waals surface area contributed by atoms with Gasteiger partial charge in [0.25, 0.3) is 5.91 Å². The molecule has 0 bridgehead atoms. The van der Waals surface area contributed by atoms with Crippen LogP contribution in [-0.4, -0.2) is 52.0 Å². The smallest absolute Gasteiger partial charge is 0.252 e. The van der Waals surface area contributed by atoms with Crippen LogP contribution in [-0.2, 0) is 10.0 Å². The molecule has 1 unspecified atom stereocenters. The maximum Gasteiger partial charge on any atom is 0.252 e. The maximum atomic E-state index is 12.5. The van der Waals surface area contributed by atoms with E-state index in [1.165, 1.54) is 32.3 Å². The van der Waals surface area contributed by atoms with Gasteiger partial charge in [-0.25, -0.2) is 12.7 Å². The van der Waals surface area contributed by atoms with Crippen molar-refractivity contribution in [3.63, 3.8) is 0 Å². The van der Waals surface area contributed by atoms with Crippen LogP contribution in [0.25, 0.3) is 0 Å². The van der Waals surface area contributed by atoms with Crippen LogP contribution in [0.2, 0.25) is 5.02 Å². The van der Waals surface area contributed by atoms with E-state index >= 15 is 0 Å². The predicted octanol–water partition coefficient (Wildman–Crippen LogP) is 2.16. The third-order valence-corrected chi connectivity index (χ3v) is 6.16. The zero-order chi connectivity index (χ0) is 19.6. The van der Waals surface area contributed by atoms with Crippen LogP contribution in [0.15, 0.2) is 47.4 Å². The Balaban J connectivity index is 1.70. The van der Waals surface area contributed by atoms with Crippen molar-refractivity contribution in [2.24, 2.45) is 0 Å². The summed E-state index contributed by atoms with van der Waals surface area (Å²) in [5, 5.41) is 2.87. The first-order chi connectivity index (χ1) is 12.8. The van der Waals surface area contributed by atoms with Crippen molar-refractivity contribution in [2.45, 2.75) is 11.0 Å². The molecular weight excluding hydrogens is 392 g/mol. The number of hydrogen-bond acceptors (Lipinski definition) is 5. The van der Waals surface area contributed by atoms with Crippen LogP contribution < -0.4 is 14.8 Å². The minimum absolute atomic E-state index is 0.00627. The Morgan fingerprint density at radius 3 is 2.63 bits per heavy atom. The third-order valence-electron chi connectivity index (χ3n) is 4.02. The van der Waals surface area contributed by atoms with Gasteiger partial charge in [0.2, 0.25) is 10.0 Å². The zero-order valence-corrected chi connectivity index (χ0v) is 16.4. The molecule has 1 aliphatic heterocycles. The van der Waals surface area contributed by atoms with Crippen molar-refractivity contribution >= 4 is 27.5 Å². The molecule has 0 fully saturated rings. The normalized spacial score (nSPS) is 16.2. The lowest BCUT2D eigenvalue weighted by Gasteiger charge is -2.26. The fraction of sp³-hybridized carbons (Fsp3) is 0.278. The Labute approximate surface area is 162 Å². The molecule has 0 radical (unpaired) electrons. The van der Waals surface area contributed by atoms with Crippen molar-refractivity contribution in [1.29, 1.82) is 0 Å². The van der Waals surface area contributed by atoms with Gasteiger partial charge in [-0.05, 0) is 30.3 Å². The number of benzene rings is 2. The molecule has 3 rings (SSSR count). The summed E-state index contributed by atoms with van der Waals surface area (Å²) in [5.74, 6) is 0.781. The van der Waals surface area contributed by atoms with E-state index in [4.69, 9.17) is 21.1 Å². The van der Waals surface area contributed by atoms with Gasteiger partial charge in [-0.3, -0.25) is 4.79 Å². The van der Waals surface area contributed by atoms with E-state index in [2.05, 4.69) is 5.32 Å². The van der Waals surface area contributed by atoms with Crippen molar-refractivity contribution in [3.05, 3.63) is 53.1 Å². The number of carbonyl (C=O) groups is 1. The van der Waals surface area contributed by atoms with Gasteiger partial charge in [-0.2, -0.15) is 0 Å². The molecule has 0 spiro atoms. The number of carbonyl (C=O) groups excluding carboxylic acids is 1. The summed E-state index contributed by atoms with van der Waals surface area (Å²) in [5.41, 5.74) is 0.0803. The first-order valence-corrected chi connectivity index (χ1v) is 9.99. The molecule has 2 aromatic rings. The summed E-state index contributed by atoms with van der Waals surface area (Å²) >= 11 is 6.08. The SMILES string of the molecule is CN(C)S(=O)(=O)c1ccc(Cl)c(C(=O)NCC2COc3ccccc3O2)c1. The van der Waals surface area contributed by atoms with E-state index in [1.54, 1.807) is 12.1 Å². The van der Waals surface area contributed by atoms with Crippen LogP contribution in [0.5, 0.6) is 11.5 Å². The number of rotatable bonds is 5. The molecule has 1 amide bonds. The lowest BCUT2D eigenvalue weighted by molar-refractivity contribution is 0.0789. The van der Waals surface area contributed by atoms with Crippen molar-refractivity contribution in [1.82, 2.24) is 9.62 Å². The van der Waals surface area contributed by atoms with Crippen LogP contribution in [0, 0.1) is 0 Å². The summed E-state index contributed by atoms with van der Waals surface area (Å²) in [6.07, 6.45) is -0.365. The highest BCUT2D eigenvalue weighted by molar-refractivity contribution is 7.89. The van der Waals surface area contributed by atoms with Gasteiger partial charge in [-0.1, -0.05) is 23.7 Å². The monoisotopic (exact) mass is 410 g/mol. The van der Waals surface area contributed by atoms with Crippen LogP contribution >= 0.6 is 11.6 Å². The van der Waals surface area contributed by atoms with E-state index < -0.39 is 15.9 Å². The summed E-state index contributed by atoms with van der Waals surface area (Å²) in [7, 11) is -0.831. The minimum atomic E-state index is -3.67. The second kappa shape index (κ2) is 7.75. The predicted molar refractivity (Wildman–Crippen MR) is 101 cm³/mol. The number of halogens is 1. The van der Waals surface area contributed by atoms with Crippen LogP contribution in [0.3, 0.4) is 0 Å². The Kier molecular flexibility index (Phi) is 5.59. The third kappa shape index (κ3) is 4.18. The molecule has 0 aromatic heterocycles. The first kappa shape index (κ1) is 19.5. The Morgan fingerprint density at radius 2 is 1.93 bits per heavy atom. The quantitative estimate of drug-likeness (QED) is 0.816. The van der Waals surface area contributed by atoms with Crippen molar-refractivity contribution < 1.29 is 22.7 Å². The zero-order valence-electron chi connectivity index (χ0n) is 14.8. The minimum Gasteiger partial charge on any atom is -0.486 e. The molecule has 1 atom stereocenters. The van der Waals surface area contributed by atoms with Crippen molar-refractivity contribution in [3.8, 4) is 11.5 Å². The molecule has 0 aliphatic carbocycles.